The number of fused-ring (bicyclic) bond motifs is 1. The molecule has 15 nitrogen and oxygen atoms in total. The van der Waals surface area contributed by atoms with Crippen LogP contribution in [0.2, 0.25) is 0 Å². The summed E-state index contributed by atoms with van der Waals surface area (Å²) in [5, 5.41) is 10.9. The Morgan fingerprint density at radius 2 is 1.63 bits per heavy atom. The Kier molecular flexibility index (Phi) is 10.4. The first-order valence-electron chi connectivity index (χ1n) is 14.3. The van der Waals surface area contributed by atoms with Gasteiger partial charge in [0.25, 0.3) is 5.56 Å². The Hall–Kier alpha value is -5.56. The molecule has 0 saturated heterocycles. The number of amides is 4. The third kappa shape index (κ3) is 7.02. The number of methoxy groups -OCH3 is 1. The van der Waals surface area contributed by atoms with Crippen molar-refractivity contribution in [2.75, 3.05) is 40.5 Å². The Morgan fingerprint density at radius 3 is 2.20 bits per heavy atom. The fourth-order valence-corrected chi connectivity index (χ4v) is 6.32. The van der Waals surface area contributed by atoms with E-state index >= 15 is 0 Å². The SMILES string of the molecule is CONC(=O)NC(=O)N(OC)c1ccc(-c2sc3c(c2CN(C)C)c(=O)n(-c2ccc(OC)nn2)c(=O)n3Cc2c(F)cccc2F)cc1. The molecule has 3 aromatic heterocycles. The number of ether oxygens (including phenoxy) is 1. The van der Waals surface area contributed by atoms with Gasteiger partial charge in [-0.15, -0.1) is 21.5 Å². The largest absolute Gasteiger partial charge is 0.480 e. The van der Waals surface area contributed by atoms with Gasteiger partial charge in [0.05, 0.1) is 38.9 Å². The summed E-state index contributed by atoms with van der Waals surface area (Å²) in [7, 11) is 7.41. The molecule has 0 bridgehead atoms. The number of anilines is 1. The molecule has 5 rings (SSSR count). The maximum Gasteiger partial charge on any atom is 0.354 e. The van der Waals surface area contributed by atoms with Gasteiger partial charge in [0, 0.05) is 23.1 Å². The van der Waals surface area contributed by atoms with Gasteiger partial charge < -0.3 is 9.64 Å². The van der Waals surface area contributed by atoms with Gasteiger partial charge in [-0.2, -0.15) is 5.06 Å². The lowest BCUT2D eigenvalue weighted by Crippen LogP contribution is -2.46. The molecule has 0 spiro atoms. The molecule has 18 heteroatoms. The van der Waals surface area contributed by atoms with E-state index in [-0.39, 0.29) is 39.7 Å². The number of aromatic nitrogens is 4. The highest BCUT2D eigenvalue weighted by Gasteiger charge is 2.26. The molecule has 5 aromatic rings. The highest BCUT2D eigenvalue weighted by atomic mass is 32.1. The molecular weight excluding hydrogens is 666 g/mol. The lowest BCUT2D eigenvalue weighted by Gasteiger charge is -2.20. The lowest BCUT2D eigenvalue weighted by atomic mass is 10.1. The Bertz CT molecular complexity index is 2110. The molecular formula is C31H30F2N8O7S. The molecule has 0 aliphatic heterocycles. The minimum Gasteiger partial charge on any atom is -0.480 e. The van der Waals surface area contributed by atoms with Crippen molar-refractivity contribution < 1.29 is 32.8 Å². The summed E-state index contributed by atoms with van der Waals surface area (Å²) in [6, 6.07) is 10.7. The number of benzene rings is 2. The van der Waals surface area contributed by atoms with E-state index in [1.165, 1.54) is 39.5 Å². The van der Waals surface area contributed by atoms with Crippen molar-refractivity contribution in [3.05, 3.63) is 98.2 Å². The molecule has 0 atom stereocenters. The van der Waals surface area contributed by atoms with E-state index < -0.39 is 41.5 Å². The maximum absolute atomic E-state index is 14.9. The summed E-state index contributed by atoms with van der Waals surface area (Å²) in [5.74, 6) is -1.71. The number of imide groups is 1. The van der Waals surface area contributed by atoms with Gasteiger partial charge in [-0.05, 0) is 55.6 Å². The number of carbonyl (C=O) groups excluding carboxylic acids is 2. The first-order valence-corrected chi connectivity index (χ1v) is 15.2. The van der Waals surface area contributed by atoms with Crippen LogP contribution in [0.5, 0.6) is 5.88 Å². The molecule has 0 aliphatic rings. The van der Waals surface area contributed by atoms with Crippen molar-refractivity contribution in [2.24, 2.45) is 0 Å². The maximum atomic E-state index is 14.9. The Morgan fingerprint density at radius 1 is 0.939 bits per heavy atom. The fourth-order valence-electron chi connectivity index (χ4n) is 5.01. The highest BCUT2D eigenvalue weighted by Crippen LogP contribution is 2.38. The normalized spacial score (nSPS) is 11.2. The number of halogens is 2. The summed E-state index contributed by atoms with van der Waals surface area (Å²) in [4.78, 5) is 65.0. The molecule has 2 aromatic carbocycles. The predicted octanol–water partition coefficient (Wildman–Crippen LogP) is 3.42. The molecule has 0 unspecified atom stereocenters. The van der Waals surface area contributed by atoms with Crippen LogP contribution in [0.4, 0.5) is 24.1 Å². The Balaban J connectivity index is 1.73. The highest BCUT2D eigenvalue weighted by molar-refractivity contribution is 7.22. The van der Waals surface area contributed by atoms with Crippen LogP contribution in [0.25, 0.3) is 26.5 Å². The van der Waals surface area contributed by atoms with Crippen molar-refractivity contribution >= 4 is 39.3 Å². The molecule has 0 fully saturated rings. The second kappa shape index (κ2) is 14.7. The zero-order chi connectivity index (χ0) is 35.4. The fraction of sp³-hybridized carbons (Fsp3) is 0.226. The summed E-state index contributed by atoms with van der Waals surface area (Å²) >= 11 is 1.09. The Labute approximate surface area is 280 Å². The molecule has 4 amide bonds. The molecule has 0 aliphatic carbocycles. The van der Waals surface area contributed by atoms with Crippen molar-refractivity contribution in [2.45, 2.75) is 13.1 Å². The van der Waals surface area contributed by atoms with Crippen LogP contribution in [0.3, 0.4) is 0 Å². The minimum atomic E-state index is -0.919. The van der Waals surface area contributed by atoms with Crippen LogP contribution in [0.1, 0.15) is 11.1 Å². The van der Waals surface area contributed by atoms with E-state index in [1.54, 1.807) is 38.4 Å². The van der Waals surface area contributed by atoms with Crippen molar-refractivity contribution in [1.82, 2.24) is 35.0 Å². The summed E-state index contributed by atoms with van der Waals surface area (Å²) in [5.41, 5.74) is 1.35. The molecule has 2 N–H and O–H groups in total. The zero-order valence-electron chi connectivity index (χ0n) is 26.8. The predicted molar refractivity (Wildman–Crippen MR) is 176 cm³/mol. The van der Waals surface area contributed by atoms with Gasteiger partial charge >= 0.3 is 17.8 Å². The molecule has 49 heavy (non-hydrogen) atoms. The third-order valence-electron chi connectivity index (χ3n) is 7.14. The first kappa shape index (κ1) is 34.8. The number of hydrogen-bond donors (Lipinski definition) is 2. The van der Waals surface area contributed by atoms with Crippen LogP contribution in [-0.2, 0) is 22.8 Å². The quantitative estimate of drug-likeness (QED) is 0.207. The summed E-state index contributed by atoms with van der Waals surface area (Å²) in [6.45, 7) is -0.305. The van der Waals surface area contributed by atoms with E-state index in [0.29, 0.717) is 16.0 Å². The van der Waals surface area contributed by atoms with Crippen molar-refractivity contribution in [3.63, 3.8) is 0 Å². The molecule has 0 radical (unpaired) electrons. The number of nitrogens with zero attached hydrogens (tertiary/aromatic N) is 6. The van der Waals surface area contributed by atoms with Gasteiger partial charge in [0.1, 0.15) is 16.5 Å². The third-order valence-corrected chi connectivity index (χ3v) is 8.44. The van der Waals surface area contributed by atoms with Gasteiger partial charge in [-0.1, -0.05) is 18.2 Å². The number of hydroxylamine groups is 2. The molecule has 0 saturated carbocycles. The monoisotopic (exact) mass is 696 g/mol. The number of nitrogens with one attached hydrogen (secondary N) is 2. The van der Waals surface area contributed by atoms with E-state index in [0.717, 1.165) is 37.7 Å². The molecule has 3 heterocycles. The van der Waals surface area contributed by atoms with Crippen LogP contribution in [-0.4, -0.2) is 71.7 Å². The molecule has 256 valence electrons. The average Bonchev–Trinajstić information content (AvgIpc) is 3.43. The summed E-state index contributed by atoms with van der Waals surface area (Å²) in [6.07, 6.45) is 0. The number of rotatable bonds is 10. The van der Waals surface area contributed by atoms with Crippen LogP contribution in [0, 0.1) is 11.6 Å². The number of carbonyl (C=O) groups is 2. The minimum absolute atomic E-state index is 0.120. The summed E-state index contributed by atoms with van der Waals surface area (Å²) < 4.78 is 36.9. The van der Waals surface area contributed by atoms with Gasteiger partial charge in [0.15, 0.2) is 5.82 Å². The van der Waals surface area contributed by atoms with Crippen molar-refractivity contribution in [1.29, 1.82) is 0 Å². The second-order valence-corrected chi connectivity index (χ2v) is 11.6. The van der Waals surface area contributed by atoms with Crippen LogP contribution >= 0.6 is 11.3 Å². The van der Waals surface area contributed by atoms with Gasteiger partial charge in [0.2, 0.25) is 5.88 Å². The number of thiophene rings is 1. The zero-order valence-corrected chi connectivity index (χ0v) is 27.6. The smallest absolute Gasteiger partial charge is 0.354 e. The van der Waals surface area contributed by atoms with E-state index in [2.05, 4.69) is 15.0 Å². The van der Waals surface area contributed by atoms with E-state index in [9.17, 15) is 28.0 Å². The van der Waals surface area contributed by atoms with Gasteiger partial charge in [-0.3, -0.25) is 24.4 Å². The first-order chi connectivity index (χ1) is 23.5. The standard InChI is InChI=1S/C31H30F2N8O7S/c1-38(2)15-20-25-27(42)40(23-13-14-24(46-3)36-35-23)31(45)39(16-19-21(32)7-6-8-22(19)33)28(25)49-26(20)17-9-11-18(12-10-17)41(48-5)30(44)34-29(43)37-47-4/h6-14H,15-16H2,1-5H3,(H2,34,37,43,44). The lowest BCUT2D eigenvalue weighted by molar-refractivity contribution is 0.107. The number of urea groups is 2. The van der Waals surface area contributed by atoms with Gasteiger partial charge in [-0.25, -0.2) is 33.2 Å². The van der Waals surface area contributed by atoms with E-state index in [4.69, 9.17) is 9.57 Å². The average molecular weight is 697 g/mol. The second-order valence-electron chi connectivity index (χ2n) is 10.6. The number of hydrogen-bond acceptors (Lipinski definition) is 11. The van der Waals surface area contributed by atoms with Crippen LogP contribution < -0.4 is 31.8 Å². The topological polar surface area (TPSA) is 162 Å². The van der Waals surface area contributed by atoms with Crippen molar-refractivity contribution in [3.8, 4) is 22.1 Å². The van der Waals surface area contributed by atoms with E-state index in [1.807, 2.05) is 15.7 Å². The van der Waals surface area contributed by atoms with Crippen LogP contribution in [0.15, 0.2) is 64.2 Å².